The van der Waals surface area contributed by atoms with Crippen molar-refractivity contribution in [2.24, 2.45) is 0 Å². The van der Waals surface area contributed by atoms with Crippen molar-refractivity contribution in [1.29, 1.82) is 0 Å². The fourth-order valence-electron chi connectivity index (χ4n) is 2.70. The monoisotopic (exact) mass is 366 g/mol. The summed E-state index contributed by atoms with van der Waals surface area (Å²) in [7, 11) is 1.43. The van der Waals surface area contributed by atoms with E-state index in [4.69, 9.17) is 21.4 Å². The van der Waals surface area contributed by atoms with E-state index in [9.17, 15) is 4.79 Å². The molecule has 0 radical (unpaired) electrons. The van der Waals surface area contributed by atoms with Gasteiger partial charge in [-0.05, 0) is 17.8 Å². The van der Waals surface area contributed by atoms with Crippen molar-refractivity contribution in [3.8, 4) is 0 Å². The molecule has 1 aliphatic heterocycles. The van der Waals surface area contributed by atoms with E-state index in [0.29, 0.717) is 30.4 Å². The summed E-state index contributed by atoms with van der Waals surface area (Å²) in [5, 5.41) is 4.37. The number of methoxy groups -OCH3 is 1. The van der Waals surface area contributed by atoms with Crippen LogP contribution in [0.4, 0.5) is 0 Å². The van der Waals surface area contributed by atoms with Crippen molar-refractivity contribution in [3.63, 3.8) is 0 Å². The Morgan fingerprint density at radius 3 is 3.04 bits per heavy atom. The Bertz CT molecular complexity index is 745. The zero-order valence-corrected chi connectivity index (χ0v) is 15.1. The lowest BCUT2D eigenvalue weighted by atomic mass is 10.2. The Morgan fingerprint density at radius 1 is 1.50 bits per heavy atom. The second kappa shape index (κ2) is 7.96. The van der Waals surface area contributed by atoms with E-state index >= 15 is 0 Å². The molecule has 0 aliphatic carbocycles. The van der Waals surface area contributed by atoms with E-state index in [2.05, 4.69) is 5.10 Å². The first kappa shape index (κ1) is 17.2. The minimum absolute atomic E-state index is 0.122. The van der Waals surface area contributed by atoms with Crippen LogP contribution in [0.15, 0.2) is 34.7 Å². The number of carbonyl (C=O) groups excluding carboxylic acids is 1. The molecule has 1 aromatic heterocycles. The predicted molar refractivity (Wildman–Crippen MR) is 93.5 cm³/mol. The third-order valence-corrected chi connectivity index (χ3v) is 5.43. The molecule has 1 aromatic carbocycles. The fraction of sp³-hybridized carbons (Fsp3) is 0.438. The molecule has 2 atom stereocenters. The highest BCUT2D eigenvalue weighted by atomic mass is 32.2. The molecule has 24 heavy (non-hydrogen) atoms. The molecule has 1 N–H and O–H groups in total. The molecule has 128 valence electrons. The highest BCUT2D eigenvalue weighted by Gasteiger charge is 2.30. The van der Waals surface area contributed by atoms with Crippen LogP contribution in [-0.2, 0) is 22.6 Å². The molecule has 8 heteroatoms. The van der Waals surface area contributed by atoms with Gasteiger partial charge in [0.05, 0.1) is 20.1 Å². The van der Waals surface area contributed by atoms with Gasteiger partial charge in [0, 0.05) is 5.75 Å². The quantitative estimate of drug-likeness (QED) is 0.627. The number of hydrogen-bond acceptors (Lipinski definition) is 6. The SMILES string of the molecule is COC(=O)[C@@H]1C[NH+](Cn2nc(Cc3ccccc3)oc2=S)CCS1. The van der Waals surface area contributed by atoms with E-state index in [1.54, 1.807) is 16.4 Å². The standard InChI is InChI=1S/C16H19N3O3S2/c1-21-15(20)13-10-18(7-8-24-13)11-19-16(23)22-14(17-19)9-12-5-3-2-4-6-12/h2-6,13H,7-11H2,1H3/p+1/t13-/m0/s1. The van der Waals surface area contributed by atoms with Gasteiger partial charge in [-0.2, -0.15) is 4.68 Å². The lowest BCUT2D eigenvalue weighted by Gasteiger charge is -2.27. The first-order valence-corrected chi connectivity index (χ1v) is 9.25. The van der Waals surface area contributed by atoms with Gasteiger partial charge < -0.3 is 14.1 Å². The number of carbonyl (C=O) groups is 1. The van der Waals surface area contributed by atoms with Crippen LogP contribution in [0.5, 0.6) is 0 Å². The second-order valence-electron chi connectivity index (χ2n) is 5.67. The van der Waals surface area contributed by atoms with Gasteiger partial charge >= 0.3 is 5.97 Å². The molecule has 0 bridgehead atoms. The number of aromatic nitrogens is 2. The van der Waals surface area contributed by atoms with Crippen LogP contribution < -0.4 is 4.90 Å². The van der Waals surface area contributed by atoms with E-state index in [1.165, 1.54) is 12.0 Å². The summed E-state index contributed by atoms with van der Waals surface area (Å²) in [6, 6.07) is 10.0. The number of hydrogen-bond donors (Lipinski definition) is 1. The van der Waals surface area contributed by atoms with E-state index in [0.717, 1.165) is 17.9 Å². The Kier molecular flexibility index (Phi) is 5.70. The molecule has 0 amide bonds. The van der Waals surface area contributed by atoms with Crippen molar-refractivity contribution in [2.75, 3.05) is 26.0 Å². The molecular weight excluding hydrogens is 346 g/mol. The van der Waals surface area contributed by atoms with Gasteiger partial charge in [0.15, 0.2) is 11.9 Å². The zero-order chi connectivity index (χ0) is 16.9. The summed E-state index contributed by atoms with van der Waals surface area (Å²) in [5.41, 5.74) is 1.13. The highest BCUT2D eigenvalue weighted by Crippen LogP contribution is 2.13. The Labute approximate surface area is 149 Å². The van der Waals surface area contributed by atoms with Crippen LogP contribution in [-0.4, -0.2) is 47.0 Å². The smallest absolute Gasteiger partial charge is 0.324 e. The molecule has 2 heterocycles. The van der Waals surface area contributed by atoms with E-state index < -0.39 is 0 Å². The maximum absolute atomic E-state index is 11.7. The van der Waals surface area contributed by atoms with Crippen molar-refractivity contribution in [1.82, 2.24) is 9.78 Å². The topological polar surface area (TPSA) is 61.7 Å². The number of thioether (sulfide) groups is 1. The molecule has 1 fully saturated rings. The van der Waals surface area contributed by atoms with Crippen LogP contribution in [0.1, 0.15) is 11.5 Å². The minimum atomic E-state index is -0.161. The Hall–Kier alpha value is -1.64. The van der Waals surface area contributed by atoms with Gasteiger partial charge in [0.1, 0.15) is 6.54 Å². The predicted octanol–water partition coefficient (Wildman–Crippen LogP) is 0.927. The van der Waals surface area contributed by atoms with Gasteiger partial charge in [-0.25, -0.2) is 0 Å². The van der Waals surface area contributed by atoms with Gasteiger partial charge in [-0.1, -0.05) is 30.3 Å². The summed E-state index contributed by atoms with van der Waals surface area (Å²) in [6.07, 6.45) is 0.619. The Morgan fingerprint density at radius 2 is 2.29 bits per heavy atom. The van der Waals surface area contributed by atoms with Crippen molar-refractivity contribution in [3.05, 3.63) is 46.6 Å². The molecule has 1 aliphatic rings. The molecule has 0 saturated carbocycles. The zero-order valence-electron chi connectivity index (χ0n) is 13.4. The van der Waals surface area contributed by atoms with E-state index in [-0.39, 0.29) is 11.2 Å². The summed E-state index contributed by atoms with van der Waals surface area (Å²) in [6.45, 7) is 2.27. The maximum atomic E-state index is 11.7. The Balaban J connectivity index is 1.65. The van der Waals surface area contributed by atoms with Gasteiger partial charge in [0.25, 0.3) is 4.84 Å². The third-order valence-electron chi connectivity index (χ3n) is 3.93. The second-order valence-corrected chi connectivity index (χ2v) is 7.33. The van der Waals surface area contributed by atoms with E-state index in [1.807, 2.05) is 30.3 Å². The molecular formula is C16H20N3O3S2+. The van der Waals surface area contributed by atoms with Gasteiger partial charge in [0.2, 0.25) is 5.89 Å². The molecule has 2 aromatic rings. The largest absolute Gasteiger partial charge is 0.468 e. The van der Waals surface area contributed by atoms with Crippen LogP contribution >= 0.6 is 24.0 Å². The number of ether oxygens (including phenoxy) is 1. The number of quaternary nitrogens is 1. The average Bonchev–Trinajstić information content (AvgIpc) is 2.94. The normalized spacial score (nSPS) is 20.7. The van der Waals surface area contributed by atoms with Gasteiger partial charge in [-0.3, -0.25) is 4.79 Å². The van der Waals surface area contributed by atoms with Gasteiger partial charge in [-0.15, -0.1) is 16.9 Å². The van der Waals surface area contributed by atoms with Crippen LogP contribution in [0.25, 0.3) is 0 Å². The minimum Gasteiger partial charge on any atom is -0.468 e. The third kappa shape index (κ3) is 4.25. The van der Waals surface area contributed by atoms with Crippen LogP contribution in [0, 0.1) is 4.84 Å². The summed E-state index contributed by atoms with van der Waals surface area (Å²) in [4.78, 5) is 13.3. The lowest BCUT2D eigenvalue weighted by Crippen LogP contribution is -3.14. The number of benzene rings is 1. The average molecular weight is 366 g/mol. The maximum Gasteiger partial charge on any atom is 0.324 e. The molecule has 6 nitrogen and oxygen atoms in total. The molecule has 0 spiro atoms. The van der Waals surface area contributed by atoms with Crippen LogP contribution in [0.3, 0.4) is 0 Å². The first-order valence-electron chi connectivity index (χ1n) is 7.79. The number of rotatable bonds is 5. The van der Waals surface area contributed by atoms with Crippen molar-refractivity contribution in [2.45, 2.75) is 18.3 Å². The fourth-order valence-corrected chi connectivity index (χ4v) is 4.18. The van der Waals surface area contributed by atoms with Crippen molar-refractivity contribution >= 4 is 29.9 Å². The number of nitrogens with one attached hydrogen (secondary N) is 1. The highest BCUT2D eigenvalue weighted by molar-refractivity contribution is 8.00. The van der Waals surface area contributed by atoms with Crippen molar-refractivity contribution < 1.29 is 18.8 Å². The molecule has 1 saturated heterocycles. The number of nitrogens with zero attached hydrogens (tertiary/aromatic N) is 2. The molecule has 3 rings (SSSR count). The lowest BCUT2D eigenvalue weighted by molar-refractivity contribution is -0.921. The first-order chi connectivity index (χ1) is 11.7. The molecule has 1 unspecified atom stereocenters. The summed E-state index contributed by atoms with van der Waals surface area (Å²) in [5.74, 6) is 1.36. The summed E-state index contributed by atoms with van der Waals surface area (Å²) < 4.78 is 12.2. The number of esters is 1. The van der Waals surface area contributed by atoms with Crippen LogP contribution in [0.2, 0.25) is 0 Å². The summed E-state index contributed by atoms with van der Waals surface area (Å²) >= 11 is 6.93.